The van der Waals surface area contributed by atoms with Crippen LogP contribution in [0.3, 0.4) is 0 Å². The van der Waals surface area contributed by atoms with Crippen molar-refractivity contribution in [2.24, 2.45) is 0 Å². The highest BCUT2D eigenvalue weighted by atomic mass is 79.9. The lowest BCUT2D eigenvalue weighted by atomic mass is 9.84. The second-order valence-corrected chi connectivity index (χ2v) is 6.78. The summed E-state index contributed by atoms with van der Waals surface area (Å²) in [5.41, 5.74) is 0.461. The Morgan fingerprint density at radius 1 is 1.32 bits per heavy atom. The summed E-state index contributed by atoms with van der Waals surface area (Å²) >= 11 is 3.49. The average Bonchev–Trinajstić information content (AvgIpc) is 2.35. The number of hydrogen-bond acceptors (Lipinski definition) is 3. The van der Waals surface area contributed by atoms with E-state index in [0.717, 1.165) is 4.47 Å². The van der Waals surface area contributed by atoms with E-state index in [4.69, 9.17) is 4.74 Å². The summed E-state index contributed by atoms with van der Waals surface area (Å²) in [6, 6.07) is 8.22. The highest BCUT2D eigenvalue weighted by Crippen LogP contribution is 2.25. The van der Waals surface area contributed by atoms with Crippen molar-refractivity contribution in [3.63, 3.8) is 0 Å². The number of benzene rings is 1. The number of rotatable bonds is 5. The van der Waals surface area contributed by atoms with Crippen molar-refractivity contribution in [2.75, 3.05) is 13.7 Å². The molecule has 1 rings (SSSR count). The van der Waals surface area contributed by atoms with Crippen LogP contribution in [0.2, 0.25) is 0 Å². The molecule has 0 aliphatic heterocycles. The highest BCUT2D eigenvalue weighted by Gasteiger charge is 2.31. The molecular weight excluding hydrogens is 306 g/mol. The molecule has 0 unspecified atom stereocenters. The highest BCUT2D eigenvalue weighted by molar-refractivity contribution is 9.10. The van der Waals surface area contributed by atoms with Crippen LogP contribution in [0.4, 0.5) is 0 Å². The minimum atomic E-state index is -0.683. The van der Waals surface area contributed by atoms with Gasteiger partial charge in [-0.2, -0.15) is 0 Å². The molecule has 0 radical (unpaired) electrons. The zero-order valence-corrected chi connectivity index (χ0v) is 13.8. The van der Waals surface area contributed by atoms with Gasteiger partial charge in [-0.15, -0.1) is 0 Å². The van der Waals surface area contributed by atoms with Crippen LogP contribution in [0.25, 0.3) is 0 Å². The minimum absolute atomic E-state index is 0.0743. The first kappa shape index (κ1) is 16.2. The van der Waals surface area contributed by atoms with E-state index in [1.165, 1.54) is 12.7 Å². The zero-order valence-electron chi connectivity index (χ0n) is 12.2. The van der Waals surface area contributed by atoms with Crippen molar-refractivity contribution < 1.29 is 9.53 Å². The third kappa shape index (κ3) is 4.32. The number of nitrogens with one attached hydrogen (secondary N) is 1. The van der Waals surface area contributed by atoms with Crippen molar-refractivity contribution in [2.45, 2.75) is 38.6 Å². The number of carbonyl (C=O) groups is 1. The van der Waals surface area contributed by atoms with Gasteiger partial charge in [-0.25, -0.2) is 0 Å². The zero-order chi connectivity index (χ0) is 14.7. The first-order valence-corrected chi connectivity index (χ1v) is 7.08. The van der Waals surface area contributed by atoms with Crippen LogP contribution in [-0.4, -0.2) is 25.2 Å². The molecule has 0 spiro atoms. The standard InChI is InChI=1S/C15H22BrNO2/c1-14(2,11-7-6-8-12(16)9-11)10-17-15(3,4)13(18)19-5/h6-9,17H,10H2,1-5H3. The molecule has 0 saturated carbocycles. The molecule has 1 aromatic rings. The molecule has 0 atom stereocenters. The van der Waals surface area contributed by atoms with E-state index in [1.54, 1.807) is 0 Å². The van der Waals surface area contributed by atoms with E-state index >= 15 is 0 Å². The molecule has 0 aliphatic carbocycles. The summed E-state index contributed by atoms with van der Waals surface area (Å²) in [6.07, 6.45) is 0. The van der Waals surface area contributed by atoms with Gasteiger partial charge in [0.05, 0.1) is 7.11 Å². The van der Waals surface area contributed by atoms with Crippen molar-refractivity contribution in [3.05, 3.63) is 34.3 Å². The molecule has 0 aliphatic rings. The minimum Gasteiger partial charge on any atom is -0.468 e. The van der Waals surface area contributed by atoms with Crippen LogP contribution in [0.5, 0.6) is 0 Å². The fraction of sp³-hybridized carbons (Fsp3) is 0.533. The topological polar surface area (TPSA) is 38.3 Å². The summed E-state index contributed by atoms with van der Waals surface area (Å²) in [7, 11) is 1.41. The van der Waals surface area contributed by atoms with E-state index in [9.17, 15) is 4.79 Å². The number of ether oxygens (including phenoxy) is 1. The van der Waals surface area contributed by atoms with Gasteiger partial charge in [0.2, 0.25) is 0 Å². The molecule has 0 amide bonds. The smallest absolute Gasteiger partial charge is 0.325 e. The van der Waals surface area contributed by atoms with Gasteiger partial charge < -0.3 is 10.1 Å². The lowest BCUT2D eigenvalue weighted by Gasteiger charge is -2.31. The molecule has 3 nitrogen and oxygen atoms in total. The summed E-state index contributed by atoms with van der Waals surface area (Å²) < 4.78 is 5.86. The second kappa shape index (κ2) is 6.06. The number of esters is 1. The number of halogens is 1. The Labute approximate surface area is 123 Å². The molecule has 0 saturated heterocycles. The molecule has 106 valence electrons. The molecule has 1 aromatic carbocycles. The largest absolute Gasteiger partial charge is 0.468 e. The Bertz CT molecular complexity index is 455. The number of hydrogen-bond donors (Lipinski definition) is 1. The summed E-state index contributed by atoms with van der Waals surface area (Å²) in [4.78, 5) is 11.6. The Hall–Kier alpha value is -0.870. The monoisotopic (exact) mass is 327 g/mol. The first-order valence-electron chi connectivity index (χ1n) is 6.28. The Kier molecular flexibility index (Phi) is 5.16. The van der Waals surface area contributed by atoms with Crippen molar-refractivity contribution in [3.8, 4) is 0 Å². The predicted octanol–water partition coefficient (Wildman–Crippen LogP) is 3.27. The van der Waals surface area contributed by atoms with Gasteiger partial charge in [0.1, 0.15) is 5.54 Å². The third-order valence-corrected chi connectivity index (χ3v) is 3.77. The van der Waals surface area contributed by atoms with E-state index in [0.29, 0.717) is 6.54 Å². The predicted molar refractivity (Wildman–Crippen MR) is 81.3 cm³/mol. The lowest BCUT2D eigenvalue weighted by molar-refractivity contribution is -0.147. The van der Waals surface area contributed by atoms with Gasteiger partial charge in [-0.3, -0.25) is 4.79 Å². The van der Waals surface area contributed by atoms with Gasteiger partial charge in [-0.1, -0.05) is 41.9 Å². The number of carbonyl (C=O) groups excluding carboxylic acids is 1. The molecule has 4 heteroatoms. The fourth-order valence-electron chi connectivity index (χ4n) is 1.78. The van der Waals surface area contributed by atoms with E-state index in [1.807, 2.05) is 26.0 Å². The van der Waals surface area contributed by atoms with Crippen LogP contribution in [0, 0.1) is 0 Å². The molecule has 0 heterocycles. The van der Waals surface area contributed by atoms with Crippen LogP contribution in [0.1, 0.15) is 33.3 Å². The van der Waals surface area contributed by atoms with Gasteiger partial charge in [0.25, 0.3) is 0 Å². The van der Waals surface area contributed by atoms with Crippen LogP contribution < -0.4 is 5.32 Å². The van der Waals surface area contributed by atoms with Gasteiger partial charge >= 0.3 is 5.97 Å². The van der Waals surface area contributed by atoms with Gasteiger partial charge in [0, 0.05) is 16.4 Å². The maximum absolute atomic E-state index is 11.6. The second-order valence-electron chi connectivity index (χ2n) is 5.86. The molecule has 0 bridgehead atoms. The Morgan fingerprint density at radius 2 is 1.95 bits per heavy atom. The maximum Gasteiger partial charge on any atom is 0.325 e. The molecular formula is C15H22BrNO2. The summed E-state index contributed by atoms with van der Waals surface area (Å²) in [5.74, 6) is -0.252. The van der Waals surface area contributed by atoms with Crippen molar-refractivity contribution in [1.29, 1.82) is 0 Å². The lowest BCUT2D eigenvalue weighted by Crippen LogP contribution is -2.51. The summed E-state index contributed by atoms with van der Waals surface area (Å²) in [6.45, 7) is 8.64. The van der Waals surface area contributed by atoms with Gasteiger partial charge in [0.15, 0.2) is 0 Å². The summed E-state index contributed by atoms with van der Waals surface area (Å²) in [5, 5.41) is 3.28. The van der Waals surface area contributed by atoms with Crippen LogP contribution >= 0.6 is 15.9 Å². The van der Waals surface area contributed by atoms with Gasteiger partial charge in [-0.05, 0) is 31.5 Å². The Balaban J connectivity index is 2.78. The Morgan fingerprint density at radius 3 is 2.47 bits per heavy atom. The van der Waals surface area contributed by atoms with Crippen molar-refractivity contribution in [1.82, 2.24) is 5.32 Å². The average molecular weight is 328 g/mol. The van der Waals surface area contributed by atoms with E-state index in [2.05, 4.69) is 47.2 Å². The van der Waals surface area contributed by atoms with Crippen molar-refractivity contribution >= 4 is 21.9 Å². The molecule has 19 heavy (non-hydrogen) atoms. The molecule has 0 aromatic heterocycles. The van der Waals surface area contributed by atoms with E-state index < -0.39 is 5.54 Å². The quantitative estimate of drug-likeness (QED) is 0.843. The first-order chi connectivity index (χ1) is 8.69. The van der Waals surface area contributed by atoms with Crippen LogP contribution in [-0.2, 0) is 14.9 Å². The SMILES string of the molecule is COC(=O)C(C)(C)NCC(C)(C)c1cccc(Br)c1. The van der Waals surface area contributed by atoms with Crippen LogP contribution in [0.15, 0.2) is 28.7 Å². The fourth-order valence-corrected chi connectivity index (χ4v) is 2.18. The molecule has 0 fully saturated rings. The maximum atomic E-state index is 11.6. The molecule has 1 N–H and O–H groups in total. The van der Waals surface area contributed by atoms with E-state index in [-0.39, 0.29) is 11.4 Å². The third-order valence-electron chi connectivity index (χ3n) is 3.27. The normalized spacial score (nSPS) is 12.3. The number of methoxy groups -OCH3 is 1.